The summed E-state index contributed by atoms with van der Waals surface area (Å²) in [7, 11) is 0. The number of carbonyl (C=O) groups is 1. The molecule has 1 amide bonds. The van der Waals surface area contributed by atoms with Crippen molar-refractivity contribution in [3.63, 3.8) is 0 Å². The summed E-state index contributed by atoms with van der Waals surface area (Å²) in [4.78, 5) is 11.4. The fourth-order valence-electron chi connectivity index (χ4n) is 0.840. The van der Waals surface area contributed by atoms with E-state index in [9.17, 15) is 4.79 Å². The van der Waals surface area contributed by atoms with Crippen LogP contribution in [-0.2, 0) is 4.79 Å². The molecule has 3 N–H and O–H groups in total. The number of hydrogen-bond acceptors (Lipinski definition) is 2. The zero-order valence-corrected chi connectivity index (χ0v) is 9.13. The molecule has 0 aliphatic heterocycles. The molecule has 78 valence electrons. The Labute approximate surface area is 81.1 Å². The Hall–Kier alpha value is -0.570. The monoisotopic (exact) mass is 186 g/mol. The lowest BCUT2D eigenvalue weighted by Gasteiger charge is -2.17. The van der Waals surface area contributed by atoms with Crippen LogP contribution in [0.2, 0.25) is 0 Å². The largest absolute Gasteiger partial charge is 0.354 e. The molecule has 0 radical (unpaired) electrons. The number of hydrogen-bond donors (Lipinski definition) is 2. The standard InChI is InChI=1S/C10H22N2O/c1-5-8(4)6-12-10(13)9(11)7(2)3/h7-9H,5-6,11H2,1-4H3,(H,12,13)/t8?,9-/m1/s1. The molecular formula is C10H22N2O. The van der Waals surface area contributed by atoms with Gasteiger partial charge in [0.1, 0.15) is 0 Å². The maximum absolute atomic E-state index is 11.4. The number of amides is 1. The molecule has 0 rings (SSSR count). The highest BCUT2D eigenvalue weighted by Gasteiger charge is 2.16. The topological polar surface area (TPSA) is 55.1 Å². The minimum atomic E-state index is -0.371. The van der Waals surface area contributed by atoms with Gasteiger partial charge in [-0.15, -0.1) is 0 Å². The summed E-state index contributed by atoms with van der Waals surface area (Å²) in [6, 6.07) is -0.371. The van der Waals surface area contributed by atoms with Crippen LogP contribution in [0.4, 0.5) is 0 Å². The lowest BCUT2D eigenvalue weighted by atomic mass is 10.0. The minimum Gasteiger partial charge on any atom is -0.354 e. The zero-order chi connectivity index (χ0) is 10.4. The molecule has 0 aromatic rings. The van der Waals surface area contributed by atoms with E-state index in [1.165, 1.54) is 0 Å². The molecular weight excluding hydrogens is 164 g/mol. The van der Waals surface area contributed by atoms with Crippen molar-refractivity contribution in [2.24, 2.45) is 17.6 Å². The van der Waals surface area contributed by atoms with Crippen molar-refractivity contribution < 1.29 is 4.79 Å². The Balaban J connectivity index is 3.74. The second-order valence-corrected chi connectivity index (χ2v) is 4.03. The van der Waals surface area contributed by atoms with Crippen LogP contribution >= 0.6 is 0 Å². The molecule has 0 aromatic carbocycles. The number of rotatable bonds is 5. The molecule has 0 aromatic heterocycles. The first-order chi connectivity index (χ1) is 5.99. The molecule has 3 heteroatoms. The van der Waals surface area contributed by atoms with Crippen molar-refractivity contribution >= 4 is 5.91 Å². The van der Waals surface area contributed by atoms with E-state index in [1.54, 1.807) is 0 Å². The summed E-state index contributed by atoms with van der Waals surface area (Å²) in [5.74, 6) is 0.704. The Morgan fingerprint density at radius 2 is 1.92 bits per heavy atom. The number of nitrogens with one attached hydrogen (secondary N) is 1. The molecule has 0 aliphatic rings. The third-order valence-corrected chi connectivity index (χ3v) is 2.34. The van der Waals surface area contributed by atoms with Gasteiger partial charge < -0.3 is 11.1 Å². The van der Waals surface area contributed by atoms with Crippen molar-refractivity contribution in [1.82, 2.24) is 5.32 Å². The predicted octanol–water partition coefficient (Wildman–Crippen LogP) is 1.13. The highest BCUT2D eigenvalue weighted by Crippen LogP contribution is 2.00. The molecule has 13 heavy (non-hydrogen) atoms. The van der Waals surface area contributed by atoms with Crippen molar-refractivity contribution in [3.05, 3.63) is 0 Å². The van der Waals surface area contributed by atoms with Gasteiger partial charge in [-0.25, -0.2) is 0 Å². The quantitative estimate of drug-likeness (QED) is 0.676. The van der Waals surface area contributed by atoms with Crippen LogP contribution in [0.5, 0.6) is 0 Å². The Bertz CT molecular complexity index is 157. The minimum absolute atomic E-state index is 0.0321. The van der Waals surface area contributed by atoms with Gasteiger partial charge in [-0.05, 0) is 11.8 Å². The lowest BCUT2D eigenvalue weighted by Crippen LogP contribution is -2.45. The van der Waals surface area contributed by atoms with Crippen molar-refractivity contribution in [3.8, 4) is 0 Å². The van der Waals surface area contributed by atoms with Gasteiger partial charge in [0.2, 0.25) is 5.91 Å². The summed E-state index contributed by atoms with van der Waals surface area (Å²) in [6.45, 7) is 8.86. The first-order valence-corrected chi connectivity index (χ1v) is 5.02. The van der Waals surface area contributed by atoms with Gasteiger partial charge in [-0.2, -0.15) is 0 Å². The van der Waals surface area contributed by atoms with E-state index >= 15 is 0 Å². The van der Waals surface area contributed by atoms with E-state index in [1.807, 2.05) is 13.8 Å². The van der Waals surface area contributed by atoms with E-state index < -0.39 is 0 Å². The first-order valence-electron chi connectivity index (χ1n) is 5.02. The number of carbonyl (C=O) groups excluding carboxylic acids is 1. The summed E-state index contributed by atoms with van der Waals surface area (Å²) < 4.78 is 0. The van der Waals surface area contributed by atoms with E-state index in [4.69, 9.17) is 5.73 Å². The molecule has 0 saturated heterocycles. The van der Waals surface area contributed by atoms with Crippen molar-refractivity contribution in [2.45, 2.75) is 40.2 Å². The summed E-state index contributed by atoms with van der Waals surface area (Å²) in [5.41, 5.74) is 5.68. The van der Waals surface area contributed by atoms with Crippen LogP contribution in [-0.4, -0.2) is 18.5 Å². The van der Waals surface area contributed by atoms with E-state index in [0.717, 1.165) is 13.0 Å². The third kappa shape index (κ3) is 4.88. The molecule has 2 atom stereocenters. The number of nitrogens with two attached hydrogens (primary N) is 1. The molecule has 0 heterocycles. The Morgan fingerprint density at radius 1 is 1.38 bits per heavy atom. The smallest absolute Gasteiger partial charge is 0.237 e. The third-order valence-electron chi connectivity index (χ3n) is 2.34. The van der Waals surface area contributed by atoms with Crippen LogP contribution in [0.25, 0.3) is 0 Å². The van der Waals surface area contributed by atoms with Gasteiger partial charge in [0.05, 0.1) is 6.04 Å². The Kier molecular flexibility index (Phi) is 5.71. The molecule has 0 bridgehead atoms. The van der Waals surface area contributed by atoms with Gasteiger partial charge in [-0.3, -0.25) is 4.79 Å². The summed E-state index contributed by atoms with van der Waals surface area (Å²) >= 11 is 0. The van der Waals surface area contributed by atoms with Crippen molar-refractivity contribution in [1.29, 1.82) is 0 Å². The van der Waals surface area contributed by atoms with Gasteiger partial charge in [0.15, 0.2) is 0 Å². The van der Waals surface area contributed by atoms with E-state index in [0.29, 0.717) is 5.92 Å². The highest BCUT2D eigenvalue weighted by molar-refractivity contribution is 5.81. The fourth-order valence-corrected chi connectivity index (χ4v) is 0.840. The molecule has 0 fully saturated rings. The maximum Gasteiger partial charge on any atom is 0.237 e. The predicted molar refractivity (Wildman–Crippen MR) is 55.3 cm³/mol. The van der Waals surface area contributed by atoms with Gasteiger partial charge in [0.25, 0.3) is 0 Å². The SMILES string of the molecule is CCC(C)CNC(=O)[C@H](N)C(C)C. The van der Waals surface area contributed by atoms with Gasteiger partial charge in [0, 0.05) is 6.54 Å². The Morgan fingerprint density at radius 3 is 2.31 bits per heavy atom. The summed E-state index contributed by atoms with van der Waals surface area (Å²) in [6.07, 6.45) is 1.08. The van der Waals surface area contributed by atoms with Crippen LogP contribution in [0.3, 0.4) is 0 Å². The molecule has 0 saturated carbocycles. The second-order valence-electron chi connectivity index (χ2n) is 4.03. The fraction of sp³-hybridized carbons (Fsp3) is 0.900. The second kappa shape index (κ2) is 5.97. The van der Waals surface area contributed by atoms with Gasteiger partial charge in [-0.1, -0.05) is 34.1 Å². The normalized spacial score (nSPS) is 15.5. The molecule has 1 unspecified atom stereocenters. The van der Waals surface area contributed by atoms with Gasteiger partial charge >= 0.3 is 0 Å². The lowest BCUT2D eigenvalue weighted by molar-refractivity contribution is -0.123. The van der Waals surface area contributed by atoms with Crippen molar-refractivity contribution in [2.75, 3.05) is 6.54 Å². The highest BCUT2D eigenvalue weighted by atomic mass is 16.2. The molecule has 3 nitrogen and oxygen atoms in total. The molecule has 0 spiro atoms. The first kappa shape index (κ1) is 12.4. The zero-order valence-electron chi connectivity index (χ0n) is 9.13. The van der Waals surface area contributed by atoms with Crippen LogP contribution < -0.4 is 11.1 Å². The van der Waals surface area contributed by atoms with Crippen LogP contribution in [0.1, 0.15) is 34.1 Å². The van der Waals surface area contributed by atoms with Crippen LogP contribution in [0, 0.1) is 11.8 Å². The van der Waals surface area contributed by atoms with E-state index in [-0.39, 0.29) is 17.9 Å². The molecule has 0 aliphatic carbocycles. The average molecular weight is 186 g/mol. The average Bonchev–Trinajstić information content (AvgIpc) is 2.11. The van der Waals surface area contributed by atoms with Crippen LogP contribution in [0.15, 0.2) is 0 Å². The maximum atomic E-state index is 11.4. The van der Waals surface area contributed by atoms with E-state index in [2.05, 4.69) is 19.2 Å². The summed E-state index contributed by atoms with van der Waals surface area (Å²) in [5, 5.41) is 2.85.